The zero-order chi connectivity index (χ0) is 22.6. The van der Waals surface area contributed by atoms with Crippen molar-refractivity contribution in [3.8, 4) is 0 Å². The van der Waals surface area contributed by atoms with E-state index in [1.807, 2.05) is 4.90 Å². The van der Waals surface area contributed by atoms with E-state index >= 15 is 0 Å². The highest BCUT2D eigenvalue weighted by atomic mass is 16.6. The molecule has 1 aliphatic carbocycles. The topological polar surface area (TPSA) is 105 Å². The summed E-state index contributed by atoms with van der Waals surface area (Å²) >= 11 is 0. The van der Waals surface area contributed by atoms with Crippen molar-refractivity contribution in [1.29, 1.82) is 0 Å². The molecule has 2 heterocycles. The Hall–Kier alpha value is -2.49. The van der Waals surface area contributed by atoms with Gasteiger partial charge in [-0.15, -0.1) is 0 Å². The number of nitro groups is 1. The Morgan fingerprint density at radius 2 is 1.84 bits per heavy atom. The number of hydrogen-bond donors (Lipinski definition) is 0. The smallest absolute Gasteiger partial charge is 0.353 e. The zero-order valence-corrected chi connectivity index (χ0v) is 19.0. The number of anilines is 2. The van der Waals surface area contributed by atoms with Gasteiger partial charge in [0.15, 0.2) is 0 Å². The quantitative estimate of drug-likeness (QED) is 0.379. The standard InChI is InChI=1S/C21H34N6O4/c1-21(2,3)31-17(28)14-24(4)19-18(27(29)30)20(23-15-22-19)26-12-10-25(11-13-26)16-8-6-5-7-9-16/h15-16H,5-14H2,1-4H3. The van der Waals surface area contributed by atoms with Crippen LogP contribution in [0.25, 0.3) is 0 Å². The minimum absolute atomic E-state index is 0.121. The number of carbonyl (C=O) groups excluding carboxylic acids is 1. The third-order valence-corrected chi connectivity index (χ3v) is 5.82. The summed E-state index contributed by atoms with van der Waals surface area (Å²) in [7, 11) is 1.60. The van der Waals surface area contributed by atoms with Gasteiger partial charge in [-0.1, -0.05) is 19.3 Å². The van der Waals surface area contributed by atoms with Crippen molar-refractivity contribution in [3.63, 3.8) is 0 Å². The van der Waals surface area contributed by atoms with Crippen LogP contribution >= 0.6 is 0 Å². The summed E-state index contributed by atoms with van der Waals surface area (Å²) in [4.78, 5) is 38.0. The number of esters is 1. The summed E-state index contributed by atoms with van der Waals surface area (Å²) < 4.78 is 5.34. The van der Waals surface area contributed by atoms with E-state index in [1.54, 1.807) is 27.8 Å². The normalized spacial score (nSPS) is 18.6. The predicted molar refractivity (Wildman–Crippen MR) is 118 cm³/mol. The maximum atomic E-state index is 12.2. The predicted octanol–water partition coefficient (Wildman–Crippen LogP) is 2.62. The lowest BCUT2D eigenvalue weighted by Gasteiger charge is -2.41. The molecule has 10 heteroatoms. The molecule has 3 rings (SSSR count). The van der Waals surface area contributed by atoms with Crippen LogP contribution in [0.15, 0.2) is 6.33 Å². The first kappa shape index (κ1) is 23.2. The molecule has 31 heavy (non-hydrogen) atoms. The van der Waals surface area contributed by atoms with E-state index < -0.39 is 16.5 Å². The first-order chi connectivity index (χ1) is 14.7. The molecule has 0 radical (unpaired) electrons. The van der Waals surface area contributed by atoms with E-state index in [-0.39, 0.29) is 18.1 Å². The summed E-state index contributed by atoms with van der Waals surface area (Å²) in [5, 5.41) is 12.0. The molecule has 2 fully saturated rings. The molecule has 0 unspecified atom stereocenters. The van der Waals surface area contributed by atoms with E-state index in [1.165, 1.54) is 43.3 Å². The number of aromatic nitrogens is 2. The number of hydrogen-bond acceptors (Lipinski definition) is 9. The molecule has 0 amide bonds. The molecule has 1 aromatic rings. The molecule has 172 valence electrons. The number of piperazine rings is 1. The van der Waals surface area contributed by atoms with Crippen LogP contribution in [0, 0.1) is 10.1 Å². The maximum Gasteiger partial charge on any atom is 0.353 e. The molecule has 1 aromatic heterocycles. The van der Waals surface area contributed by atoms with Gasteiger partial charge < -0.3 is 14.5 Å². The molecule has 0 N–H and O–H groups in total. The molecular weight excluding hydrogens is 400 g/mol. The maximum absolute atomic E-state index is 12.2. The van der Waals surface area contributed by atoms with Crippen LogP contribution in [-0.4, -0.2) is 77.2 Å². The van der Waals surface area contributed by atoms with Crippen molar-refractivity contribution >= 4 is 23.3 Å². The molecule has 10 nitrogen and oxygen atoms in total. The van der Waals surface area contributed by atoms with Crippen LogP contribution in [0.5, 0.6) is 0 Å². The van der Waals surface area contributed by atoms with E-state index in [9.17, 15) is 14.9 Å². The molecule has 0 bridgehead atoms. The fourth-order valence-electron chi connectivity index (χ4n) is 4.42. The summed E-state index contributed by atoms with van der Waals surface area (Å²) in [5.74, 6) is -0.0320. The van der Waals surface area contributed by atoms with Gasteiger partial charge in [-0.3, -0.25) is 19.8 Å². The Morgan fingerprint density at radius 3 is 2.42 bits per heavy atom. The summed E-state index contributed by atoms with van der Waals surface area (Å²) in [5.41, 5.74) is -0.793. The highest BCUT2D eigenvalue weighted by Crippen LogP contribution is 2.34. The van der Waals surface area contributed by atoms with Crippen LogP contribution in [0.2, 0.25) is 0 Å². The van der Waals surface area contributed by atoms with E-state index in [0.717, 1.165) is 13.1 Å². The second kappa shape index (κ2) is 9.76. The molecule has 0 atom stereocenters. The second-order valence-electron chi connectivity index (χ2n) is 9.38. The largest absolute Gasteiger partial charge is 0.459 e. The Bertz CT molecular complexity index is 783. The Morgan fingerprint density at radius 1 is 1.19 bits per heavy atom. The average Bonchev–Trinajstić information content (AvgIpc) is 2.72. The molecule has 1 aliphatic heterocycles. The first-order valence-corrected chi connectivity index (χ1v) is 11.1. The van der Waals surface area contributed by atoms with E-state index in [4.69, 9.17) is 4.74 Å². The number of rotatable bonds is 6. The van der Waals surface area contributed by atoms with Crippen molar-refractivity contribution in [2.75, 3.05) is 49.6 Å². The zero-order valence-electron chi connectivity index (χ0n) is 19.0. The van der Waals surface area contributed by atoms with Gasteiger partial charge in [0.25, 0.3) is 0 Å². The Labute approximate surface area is 183 Å². The summed E-state index contributed by atoms with van der Waals surface area (Å²) in [6.45, 7) is 8.32. The van der Waals surface area contributed by atoms with Gasteiger partial charge >= 0.3 is 11.7 Å². The van der Waals surface area contributed by atoms with Gasteiger partial charge in [-0.05, 0) is 33.6 Å². The molecule has 1 saturated heterocycles. The average molecular weight is 435 g/mol. The van der Waals surface area contributed by atoms with Gasteiger partial charge in [0, 0.05) is 39.3 Å². The van der Waals surface area contributed by atoms with Crippen LogP contribution in [0.4, 0.5) is 17.3 Å². The Kier molecular flexibility index (Phi) is 7.30. The Balaban J connectivity index is 1.73. The van der Waals surface area contributed by atoms with Crippen molar-refractivity contribution in [2.45, 2.75) is 64.5 Å². The third kappa shape index (κ3) is 6.03. The van der Waals surface area contributed by atoms with Crippen LogP contribution < -0.4 is 9.80 Å². The fraction of sp³-hybridized carbons (Fsp3) is 0.762. The van der Waals surface area contributed by atoms with Crippen molar-refractivity contribution in [1.82, 2.24) is 14.9 Å². The molecule has 0 aromatic carbocycles. The minimum Gasteiger partial charge on any atom is -0.459 e. The molecular formula is C21H34N6O4. The number of carbonyl (C=O) groups is 1. The lowest BCUT2D eigenvalue weighted by atomic mass is 9.94. The SMILES string of the molecule is CN(CC(=O)OC(C)(C)C)c1ncnc(N2CCN(C3CCCCC3)CC2)c1[N+](=O)[O-]. The van der Waals surface area contributed by atoms with Gasteiger partial charge in [0.1, 0.15) is 18.5 Å². The van der Waals surface area contributed by atoms with Crippen molar-refractivity contribution in [2.24, 2.45) is 0 Å². The van der Waals surface area contributed by atoms with Gasteiger partial charge in [0.2, 0.25) is 11.6 Å². The van der Waals surface area contributed by atoms with Gasteiger partial charge in [-0.2, -0.15) is 0 Å². The van der Waals surface area contributed by atoms with Crippen molar-refractivity contribution in [3.05, 3.63) is 16.4 Å². The minimum atomic E-state index is -0.626. The fourth-order valence-corrected chi connectivity index (χ4v) is 4.42. The number of likely N-dealkylation sites (N-methyl/N-ethyl adjacent to an activating group) is 1. The molecule has 2 aliphatic rings. The highest BCUT2D eigenvalue weighted by Gasteiger charge is 2.33. The number of ether oxygens (including phenoxy) is 1. The van der Waals surface area contributed by atoms with Crippen LogP contribution in [0.3, 0.4) is 0 Å². The van der Waals surface area contributed by atoms with E-state index in [2.05, 4.69) is 14.9 Å². The van der Waals surface area contributed by atoms with Crippen LogP contribution in [0.1, 0.15) is 52.9 Å². The van der Waals surface area contributed by atoms with Gasteiger partial charge in [0.05, 0.1) is 4.92 Å². The molecule has 1 saturated carbocycles. The summed E-state index contributed by atoms with van der Waals surface area (Å²) in [6.07, 6.45) is 7.71. The number of nitrogens with zero attached hydrogens (tertiary/aromatic N) is 6. The lowest BCUT2D eigenvalue weighted by Crippen LogP contribution is -2.51. The molecule has 0 spiro atoms. The first-order valence-electron chi connectivity index (χ1n) is 11.1. The van der Waals surface area contributed by atoms with Gasteiger partial charge in [-0.25, -0.2) is 9.97 Å². The second-order valence-corrected chi connectivity index (χ2v) is 9.38. The monoisotopic (exact) mass is 434 g/mol. The third-order valence-electron chi connectivity index (χ3n) is 5.82. The summed E-state index contributed by atoms with van der Waals surface area (Å²) in [6, 6.07) is 0.631. The van der Waals surface area contributed by atoms with Crippen molar-refractivity contribution < 1.29 is 14.5 Å². The highest BCUT2D eigenvalue weighted by molar-refractivity contribution is 5.79. The lowest BCUT2D eigenvalue weighted by molar-refractivity contribution is -0.383. The van der Waals surface area contributed by atoms with Crippen LogP contribution in [-0.2, 0) is 9.53 Å². The van der Waals surface area contributed by atoms with E-state index in [0.29, 0.717) is 24.9 Å².